The number of benzene rings is 1. The van der Waals surface area contributed by atoms with Gasteiger partial charge in [0.2, 0.25) is 5.91 Å². The molecule has 7 heteroatoms. The van der Waals surface area contributed by atoms with E-state index in [-0.39, 0.29) is 43.2 Å². The molecule has 0 bridgehead atoms. The standard InChI is InChI=1S/C16H21FN2O3.ClH/c1-11(2)22-15(20)9-14-16(21)19(8-7-18-14)10-12-5-3-4-6-13(12)17;/h3-6,11,14,18H,7-10H2,1-2H3;1H. The number of nitrogens with one attached hydrogen (secondary N) is 1. The molecule has 2 rings (SSSR count). The highest BCUT2D eigenvalue weighted by atomic mass is 35.5. The number of piperazine rings is 1. The lowest BCUT2D eigenvalue weighted by Crippen LogP contribution is -2.55. The van der Waals surface area contributed by atoms with Crippen LogP contribution in [0.3, 0.4) is 0 Å². The first-order valence-electron chi connectivity index (χ1n) is 7.42. The van der Waals surface area contributed by atoms with Crippen LogP contribution in [-0.2, 0) is 20.9 Å². The molecule has 1 heterocycles. The predicted octanol–water partition coefficient (Wildman–Crippen LogP) is 1.89. The van der Waals surface area contributed by atoms with Crippen LogP contribution in [0.1, 0.15) is 25.8 Å². The van der Waals surface area contributed by atoms with Gasteiger partial charge in [0.15, 0.2) is 0 Å². The van der Waals surface area contributed by atoms with E-state index in [4.69, 9.17) is 4.74 Å². The van der Waals surface area contributed by atoms with Gasteiger partial charge in [0.25, 0.3) is 0 Å². The molecule has 1 atom stereocenters. The summed E-state index contributed by atoms with van der Waals surface area (Å²) in [5.74, 6) is -0.937. The van der Waals surface area contributed by atoms with Crippen LogP contribution < -0.4 is 5.32 Å². The largest absolute Gasteiger partial charge is 0.463 e. The molecule has 23 heavy (non-hydrogen) atoms. The number of rotatable bonds is 5. The molecule has 1 aliphatic heterocycles. The smallest absolute Gasteiger partial charge is 0.308 e. The molecule has 0 spiro atoms. The van der Waals surface area contributed by atoms with Crippen LogP contribution in [0.2, 0.25) is 0 Å². The number of amides is 1. The second-order valence-corrected chi connectivity index (χ2v) is 5.60. The summed E-state index contributed by atoms with van der Waals surface area (Å²) in [5, 5.41) is 3.02. The molecule has 1 fully saturated rings. The van der Waals surface area contributed by atoms with Gasteiger partial charge in [0.05, 0.1) is 18.6 Å². The number of carbonyl (C=O) groups is 2. The number of hydrogen-bond donors (Lipinski definition) is 1. The Balaban J connectivity index is 0.00000264. The number of nitrogens with zero attached hydrogens (tertiary/aromatic N) is 1. The van der Waals surface area contributed by atoms with Gasteiger partial charge in [-0.2, -0.15) is 0 Å². The van der Waals surface area contributed by atoms with E-state index >= 15 is 0 Å². The maximum atomic E-state index is 13.7. The summed E-state index contributed by atoms with van der Waals surface area (Å²) in [6.07, 6.45) is -0.217. The van der Waals surface area contributed by atoms with Gasteiger partial charge >= 0.3 is 5.97 Å². The molecular weight excluding hydrogens is 323 g/mol. The quantitative estimate of drug-likeness (QED) is 0.829. The Labute approximate surface area is 141 Å². The molecule has 1 aliphatic rings. The Morgan fingerprint density at radius 1 is 1.43 bits per heavy atom. The monoisotopic (exact) mass is 344 g/mol. The Hall–Kier alpha value is -1.66. The van der Waals surface area contributed by atoms with Crippen LogP contribution in [0, 0.1) is 5.82 Å². The number of esters is 1. The summed E-state index contributed by atoms with van der Waals surface area (Å²) >= 11 is 0. The summed E-state index contributed by atoms with van der Waals surface area (Å²) in [7, 11) is 0. The molecule has 1 aromatic carbocycles. The maximum Gasteiger partial charge on any atom is 0.308 e. The van der Waals surface area contributed by atoms with E-state index < -0.39 is 12.0 Å². The van der Waals surface area contributed by atoms with Crippen LogP contribution in [0.4, 0.5) is 4.39 Å². The van der Waals surface area contributed by atoms with Crippen LogP contribution in [0.25, 0.3) is 0 Å². The molecule has 1 saturated heterocycles. The van der Waals surface area contributed by atoms with E-state index in [0.717, 1.165) is 0 Å². The normalized spacial score (nSPS) is 17.8. The summed E-state index contributed by atoms with van der Waals surface area (Å²) in [5.41, 5.74) is 0.473. The molecule has 1 amide bonds. The maximum absolute atomic E-state index is 13.7. The van der Waals surface area contributed by atoms with E-state index in [1.807, 2.05) is 0 Å². The molecule has 1 aromatic rings. The van der Waals surface area contributed by atoms with E-state index in [2.05, 4.69) is 5.32 Å². The Morgan fingerprint density at radius 2 is 2.13 bits per heavy atom. The van der Waals surface area contributed by atoms with Crippen molar-refractivity contribution in [2.75, 3.05) is 13.1 Å². The van der Waals surface area contributed by atoms with Gasteiger partial charge in [0.1, 0.15) is 5.82 Å². The fraction of sp³-hybridized carbons (Fsp3) is 0.500. The van der Waals surface area contributed by atoms with Gasteiger partial charge < -0.3 is 15.0 Å². The van der Waals surface area contributed by atoms with Crippen molar-refractivity contribution in [3.63, 3.8) is 0 Å². The molecular formula is C16H22ClFN2O3. The fourth-order valence-electron chi connectivity index (χ4n) is 2.42. The van der Waals surface area contributed by atoms with Crippen molar-refractivity contribution in [3.8, 4) is 0 Å². The Kier molecular flexibility index (Phi) is 7.45. The Bertz CT molecular complexity index is 554. The van der Waals surface area contributed by atoms with Crippen molar-refractivity contribution >= 4 is 24.3 Å². The second kappa shape index (κ2) is 8.84. The van der Waals surface area contributed by atoms with Crippen molar-refractivity contribution in [1.29, 1.82) is 0 Å². The van der Waals surface area contributed by atoms with Crippen LogP contribution in [0.5, 0.6) is 0 Å². The SMILES string of the molecule is CC(C)OC(=O)CC1NCCN(Cc2ccccc2F)C1=O.Cl. The molecule has 0 aromatic heterocycles. The average molecular weight is 345 g/mol. The zero-order chi connectivity index (χ0) is 16.1. The van der Waals surface area contributed by atoms with Crippen LogP contribution >= 0.6 is 12.4 Å². The van der Waals surface area contributed by atoms with Crippen molar-refractivity contribution in [1.82, 2.24) is 10.2 Å². The lowest BCUT2D eigenvalue weighted by atomic mass is 10.1. The lowest BCUT2D eigenvalue weighted by Gasteiger charge is -2.33. The molecule has 5 nitrogen and oxygen atoms in total. The third-order valence-corrected chi connectivity index (χ3v) is 3.44. The summed E-state index contributed by atoms with van der Waals surface area (Å²) in [4.78, 5) is 25.7. The third kappa shape index (κ3) is 5.48. The van der Waals surface area contributed by atoms with E-state index in [1.54, 1.807) is 36.9 Å². The summed E-state index contributed by atoms with van der Waals surface area (Å²) in [6, 6.07) is 5.78. The van der Waals surface area contributed by atoms with Gasteiger partial charge in [-0.25, -0.2) is 4.39 Å². The minimum atomic E-state index is -0.605. The van der Waals surface area contributed by atoms with Gasteiger partial charge in [-0.15, -0.1) is 12.4 Å². The topological polar surface area (TPSA) is 58.6 Å². The van der Waals surface area contributed by atoms with Crippen LogP contribution in [-0.4, -0.2) is 42.0 Å². The van der Waals surface area contributed by atoms with Gasteiger partial charge in [-0.1, -0.05) is 18.2 Å². The summed E-state index contributed by atoms with van der Waals surface area (Å²) < 4.78 is 18.8. The first-order valence-corrected chi connectivity index (χ1v) is 7.42. The van der Waals surface area contributed by atoms with Crippen molar-refractivity contribution in [2.24, 2.45) is 0 Å². The van der Waals surface area contributed by atoms with Gasteiger partial charge in [0, 0.05) is 25.2 Å². The Morgan fingerprint density at radius 3 is 2.78 bits per heavy atom. The average Bonchev–Trinajstić information content (AvgIpc) is 2.44. The van der Waals surface area contributed by atoms with Gasteiger partial charge in [-0.05, 0) is 19.9 Å². The van der Waals surface area contributed by atoms with Crippen molar-refractivity contribution in [3.05, 3.63) is 35.6 Å². The third-order valence-electron chi connectivity index (χ3n) is 3.44. The molecule has 0 aliphatic carbocycles. The lowest BCUT2D eigenvalue weighted by molar-refractivity contribution is -0.151. The molecule has 128 valence electrons. The van der Waals surface area contributed by atoms with E-state index in [0.29, 0.717) is 18.7 Å². The van der Waals surface area contributed by atoms with E-state index in [1.165, 1.54) is 6.07 Å². The highest BCUT2D eigenvalue weighted by Gasteiger charge is 2.31. The van der Waals surface area contributed by atoms with E-state index in [9.17, 15) is 14.0 Å². The number of ether oxygens (including phenoxy) is 1. The second-order valence-electron chi connectivity index (χ2n) is 5.60. The minimum absolute atomic E-state index is 0. The number of carbonyl (C=O) groups excluding carboxylic acids is 2. The highest BCUT2D eigenvalue weighted by Crippen LogP contribution is 2.14. The fourth-order valence-corrected chi connectivity index (χ4v) is 2.42. The number of hydrogen-bond acceptors (Lipinski definition) is 4. The van der Waals surface area contributed by atoms with Crippen LogP contribution in [0.15, 0.2) is 24.3 Å². The van der Waals surface area contributed by atoms with Crippen molar-refractivity contribution < 1.29 is 18.7 Å². The zero-order valence-electron chi connectivity index (χ0n) is 13.3. The van der Waals surface area contributed by atoms with Crippen molar-refractivity contribution in [2.45, 2.75) is 39.0 Å². The zero-order valence-corrected chi connectivity index (χ0v) is 14.1. The minimum Gasteiger partial charge on any atom is -0.463 e. The first-order chi connectivity index (χ1) is 10.5. The number of halogens is 2. The molecule has 1 unspecified atom stereocenters. The summed E-state index contributed by atoms with van der Waals surface area (Å²) in [6.45, 7) is 4.79. The predicted molar refractivity (Wildman–Crippen MR) is 86.7 cm³/mol. The molecule has 0 saturated carbocycles. The highest BCUT2D eigenvalue weighted by molar-refractivity contribution is 5.87. The van der Waals surface area contributed by atoms with Gasteiger partial charge in [-0.3, -0.25) is 9.59 Å². The molecule has 0 radical (unpaired) electrons. The first kappa shape index (κ1) is 19.4. The molecule has 1 N–H and O–H groups in total.